The van der Waals surface area contributed by atoms with Crippen LogP contribution in [0.3, 0.4) is 0 Å². The van der Waals surface area contributed by atoms with Gasteiger partial charge in [-0.25, -0.2) is 4.39 Å². The quantitative estimate of drug-likeness (QED) is 0.815. The largest absolute Gasteiger partial charge is 0.391 e. The summed E-state index contributed by atoms with van der Waals surface area (Å²) >= 11 is 5.63. The molecule has 1 unspecified atom stereocenters. The fraction of sp³-hybridized carbons (Fsp3) is 0.357. The number of carbonyl (C=O) groups excluding carboxylic acids is 1. The zero-order chi connectivity index (χ0) is 13.8. The van der Waals surface area contributed by atoms with E-state index in [0.29, 0.717) is 11.5 Å². The van der Waals surface area contributed by atoms with Crippen LogP contribution < -0.4 is 5.32 Å². The SMILES string of the molecule is O=C(C=Cc1ccc(F)c(Cl)c1)NCC(O)C1CC1. The molecule has 1 atom stereocenters. The van der Waals surface area contributed by atoms with E-state index in [0.717, 1.165) is 12.8 Å². The highest BCUT2D eigenvalue weighted by molar-refractivity contribution is 6.30. The van der Waals surface area contributed by atoms with Gasteiger partial charge in [0.15, 0.2) is 0 Å². The van der Waals surface area contributed by atoms with Gasteiger partial charge in [-0.3, -0.25) is 4.79 Å². The first-order chi connectivity index (χ1) is 9.06. The first kappa shape index (κ1) is 14.0. The molecule has 0 heterocycles. The second kappa shape index (κ2) is 6.17. The van der Waals surface area contributed by atoms with Crippen LogP contribution >= 0.6 is 11.6 Å². The van der Waals surface area contributed by atoms with Gasteiger partial charge in [-0.2, -0.15) is 0 Å². The minimum Gasteiger partial charge on any atom is -0.391 e. The summed E-state index contributed by atoms with van der Waals surface area (Å²) in [5.41, 5.74) is 0.643. The summed E-state index contributed by atoms with van der Waals surface area (Å²) < 4.78 is 12.9. The number of halogens is 2. The van der Waals surface area contributed by atoms with E-state index in [1.54, 1.807) is 6.08 Å². The van der Waals surface area contributed by atoms with Gasteiger partial charge in [0.05, 0.1) is 11.1 Å². The molecule has 0 spiro atoms. The van der Waals surface area contributed by atoms with Crippen LogP contribution in [0.25, 0.3) is 6.08 Å². The fourth-order valence-electron chi connectivity index (χ4n) is 1.70. The molecule has 1 aliphatic rings. The molecule has 1 aliphatic carbocycles. The van der Waals surface area contributed by atoms with Crippen molar-refractivity contribution in [2.45, 2.75) is 18.9 Å². The van der Waals surface area contributed by atoms with Crippen molar-refractivity contribution in [3.05, 3.63) is 40.7 Å². The van der Waals surface area contributed by atoms with Crippen LogP contribution in [-0.2, 0) is 4.79 Å². The Morgan fingerprint density at radius 1 is 1.58 bits per heavy atom. The number of carbonyl (C=O) groups is 1. The Morgan fingerprint density at radius 3 is 2.95 bits per heavy atom. The Bertz CT molecular complexity index is 500. The second-order valence-electron chi connectivity index (χ2n) is 4.66. The third kappa shape index (κ3) is 4.33. The van der Waals surface area contributed by atoms with Crippen molar-refractivity contribution in [2.75, 3.05) is 6.54 Å². The third-order valence-corrected chi connectivity index (χ3v) is 3.31. The molecule has 0 aromatic heterocycles. The number of rotatable bonds is 5. The maximum absolute atomic E-state index is 12.9. The van der Waals surface area contributed by atoms with E-state index >= 15 is 0 Å². The van der Waals surface area contributed by atoms with Crippen molar-refractivity contribution < 1.29 is 14.3 Å². The summed E-state index contributed by atoms with van der Waals surface area (Å²) in [5.74, 6) is -0.448. The lowest BCUT2D eigenvalue weighted by Crippen LogP contribution is -2.31. The number of nitrogens with one attached hydrogen (secondary N) is 1. The van der Waals surface area contributed by atoms with Gasteiger partial charge in [-0.15, -0.1) is 0 Å². The van der Waals surface area contributed by atoms with Gasteiger partial charge in [0, 0.05) is 12.6 Å². The second-order valence-corrected chi connectivity index (χ2v) is 5.06. The van der Waals surface area contributed by atoms with Crippen LogP contribution in [0.2, 0.25) is 5.02 Å². The summed E-state index contributed by atoms with van der Waals surface area (Å²) in [6.45, 7) is 0.262. The third-order valence-electron chi connectivity index (χ3n) is 3.02. The molecule has 1 aromatic rings. The fourth-order valence-corrected chi connectivity index (χ4v) is 1.89. The normalized spacial score (nSPS) is 16.6. The molecule has 1 amide bonds. The molecule has 3 nitrogen and oxygen atoms in total. The standard InChI is InChI=1S/C14H15ClFNO2/c15-11-7-9(1-5-12(11)16)2-6-14(19)17-8-13(18)10-3-4-10/h1-2,5-7,10,13,18H,3-4,8H2,(H,17,19). The summed E-state index contributed by atoms with van der Waals surface area (Å²) in [6.07, 6.45) is 4.48. The summed E-state index contributed by atoms with van der Waals surface area (Å²) in [5, 5.41) is 12.2. The smallest absolute Gasteiger partial charge is 0.244 e. The lowest BCUT2D eigenvalue weighted by molar-refractivity contribution is -0.116. The number of benzene rings is 1. The molecule has 1 fully saturated rings. The Morgan fingerprint density at radius 2 is 2.32 bits per heavy atom. The molecular formula is C14H15ClFNO2. The number of aliphatic hydroxyl groups excluding tert-OH is 1. The Hall–Kier alpha value is -1.39. The van der Waals surface area contributed by atoms with E-state index in [4.69, 9.17) is 11.6 Å². The van der Waals surface area contributed by atoms with E-state index in [1.165, 1.54) is 24.3 Å². The maximum Gasteiger partial charge on any atom is 0.244 e. The van der Waals surface area contributed by atoms with Crippen molar-refractivity contribution in [3.8, 4) is 0 Å². The van der Waals surface area contributed by atoms with Crippen LogP contribution in [0.5, 0.6) is 0 Å². The number of hydrogen-bond donors (Lipinski definition) is 2. The highest BCUT2D eigenvalue weighted by Crippen LogP contribution is 2.32. The van der Waals surface area contributed by atoms with E-state index in [-0.39, 0.29) is 17.5 Å². The molecule has 0 saturated heterocycles. The van der Waals surface area contributed by atoms with Gasteiger partial charge in [0.2, 0.25) is 5.91 Å². The highest BCUT2D eigenvalue weighted by Gasteiger charge is 2.29. The Balaban J connectivity index is 1.83. The first-order valence-corrected chi connectivity index (χ1v) is 6.53. The van der Waals surface area contributed by atoms with Crippen molar-refractivity contribution in [1.82, 2.24) is 5.32 Å². The molecule has 0 aliphatic heterocycles. The van der Waals surface area contributed by atoms with Gasteiger partial charge < -0.3 is 10.4 Å². The van der Waals surface area contributed by atoms with Gasteiger partial charge in [-0.05, 0) is 42.5 Å². The van der Waals surface area contributed by atoms with Crippen LogP contribution in [0, 0.1) is 11.7 Å². The van der Waals surface area contributed by atoms with E-state index in [1.807, 2.05) is 0 Å². The van der Waals surface area contributed by atoms with Crippen molar-refractivity contribution in [1.29, 1.82) is 0 Å². The van der Waals surface area contributed by atoms with E-state index < -0.39 is 11.9 Å². The van der Waals surface area contributed by atoms with Gasteiger partial charge >= 0.3 is 0 Å². The molecule has 0 radical (unpaired) electrons. The van der Waals surface area contributed by atoms with Crippen LogP contribution in [0.4, 0.5) is 4.39 Å². The van der Waals surface area contributed by atoms with Crippen molar-refractivity contribution in [2.24, 2.45) is 5.92 Å². The molecule has 19 heavy (non-hydrogen) atoms. The molecule has 102 valence electrons. The molecule has 2 N–H and O–H groups in total. The van der Waals surface area contributed by atoms with Gasteiger partial charge in [0.25, 0.3) is 0 Å². The van der Waals surface area contributed by atoms with Crippen molar-refractivity contribution >= 4 is 23.6 Å². The maximum atomic E-state index is 12.9. The van der Waals surface area contributed by atoms with Gasteiger partial charge in [0.1, 0.15) is 5.82 Å². The molecule has 2 rings (SSSR count). The zero-order valence-electron chi connectivity index (χ0n) is 10.3. The monoisotopic (exact) mass is 283 g/mol. The number of aliphatic hydroxyl groups is 1. The lowest BCUT2D eigenvalue weighted by Gasteiger charge is -2.08. The molecule has 5 heteroatoms. The topological polar surface area (TPSA) is 49.3 Å². The summed E-state index contributed by atoms with van der Waals surface area (Å²) in [6, 6.07) is 4.22. The highest BCUT2D eigenvalue weighted by atomic mass is 35.5. The molecule has 1 saturated carbocycles. The summed E-state index contributed by atoms with van der Waals surface area (Å²) in [7, 11) is 0. The number of amides is 1. The Labute approximate surface area is 116 Å². The minimum atomic E-state index is -0.490. The number of hydrogen-bond acceptors (Lipinski definition) is 2. The molecule has 0 bridgehead atoms. The van der Waals surface area contributed by atoms with Crippen LogP contribution in [0.1, 0.15) is 18.4 Å². The van der Waals surface area contributed by atoms with E-state index in [2.05, 4.69) is 5.32 Å². The predicted molar refractivity (Wildman–Crippen MR) is 72.2 cm³/mol. The minimum absolute atomic E-state index is 0.0201. The average Bonchev–Trinajstić information content (AvgIpc) is 3.21. The average molecular weight is 284 g/mol. The first-order valence-electron chi connectivity index (χ1n) is 6.15. The lowest BCUT2D eigenvalue weighted by atomic mass is 10.2. The summed E-state index contributed by atoms with van der Waals surface area (Å²) in [4.78, 5) is 11.5. The molecular weight excluding hydrogens is 269 g/mol. The zero-order valence-corrected chi connectivity index (χ0v) is 11.0. The predicted octanol–water partition coefficient (Wildman–Crippen LogP) is 2.38. The van der Waals surface area contributed by atoms with Gasteiger partial charge in [-0.1, -0.05) is 17.7 Å². The Kier molecular flexibility index (Phi) is 4.56. The van der Waals surface area contributed by atoms with Crippen LogP contribution in [0.15, 0.2) is 24.3 Å². The van der Waals surface area contributed by atoms with Crippen molar-refractivity contribution in [3.63, 3.8) is 0 Å². The molecule has 1 aromatic carbocycles. The van der Waals surface area contributed by atoms with E-state index in [9.17, 15) is 14.3 Å². The van der Waals surface area contributed by atoms with Crippen LogP contribution in [-0.4, -0.2) is 23.7 Å².